The maximum Gasteiger partial charge on any atom is 0.241 e. The van der Waals surface area contributed by atoms with Crippen LogP contribution in [0.5, 0.6) is 0 Å². The summed E-state index contributed by atoms with van der Waals surface area (Å²) in [6.07, 6.45) is 3.98. The highest BCUT2D eigenvalue weighted by molar-refractivity contribution is 7.89. The highest BCUT2D eigenvalue weighted by atomic mass is 32.2. The number of nitrogen functional groups attached to an aromatic ring is 1. The lowest BCUT2D eigenvalue weighted by Gasteiger charge is -2.26. The van der Waals surface area contributed by atoms with Crippen LogP contribution >= 0.6 is 0 Å². The summed E-state index contributed by atoms with van der Waals surface area (Å²) in [6, 6.07) is 11.9. The molecule has 2 aromatic carbocycles. The number of rotatable bonds is 4. The van der Waals surface area contributed by atoms with Crippen LogP contribution in [0.4, 0.5) is 11.4 Å². The van der Waals surface area contributed by atoms with Crippen molar-refractivity contribution in [3.8, 4) is 0 Å². The van der Waals surface area contributed by atoms with Crippen molar-refractivity contribution in [2.24, 2.45) is 0 Å². The number of nitrogens with zero attached hydrogens (tertiary/aromatic N) is 1. The molecule has 1 unspecified atom stereocenters. The van der Waals surface area contributed by atoms with Crippen molar-refractivity contribution in [2.45, 2.75) is 43.0 Å². The number of anilines is 2. The first-order valence-electron chi connectivity index (χ1n) is 9.25. The Hall–Kier alpha value is -2.38. The van der Waals surface area contributed by atoms with Gasteiger partial charge in [0.05, 0.1) is 4.90 Å². The molecule has 0 bridgehead atoms. The summed E-state index contributed by atoms with van der Waals surface area (Å²) in [6.45, 7) is 0.686. The Morgan fingerprint density at radius 1 is 1.04 bits per heavy atom. The number of carbonyl (C=O) groups excluding carboxylic acids is 1. The van der Waals surface area contributed by atoms with Crippen LogP contribution in [0.2, 0.25) is 0 Å². The summed E-state index contributed by atoms with van der Waals surface area (Å²) >= 11 is 0. The first kappa shape index (κ1) is 18.0. The van der Waals surface area contributed by atoms with Crippen LogP contribution in [0.15, 0.2) is 47.4 Å². The van der Waals surface area contributed by atoms with Crippen molar-refractivity contribution in [3.63, 3.8) is 0 Å². The standard InChI is InChI=1S/C20H23N3O3S/c21-15-6-11-18-14(13-15)3-1-4-19(18)22-27(25,26)17-9-7-16(8-10-17)23-12-2-5-20(23)24/h6-11,13,19,22H,1-5,12,21H2. The molecule has 1 aliphatic heterocycles. The average molecular weight is 385 g/mol. The average Bonchev–Trinajstić information content (AvgIpc) is 3.07. The lowest BCUT2D eigenvalue weighted by atomic mass is 9.88. The van der Waals surface area contributed by atoms with E-state index in [9.17, 15) is 13.2 Å². The van der Waals surface area contributed by atoms with E-state index in [1.165, 1.54) is 0 Å². The molecular formula is C20H23N3O3S. The van der Waals surface area contributed by atoms with E-state index in [-0.39, 0.29) is 16.8 Å². The summed E-state index contributed by atoms with van der Waals surface area (Å²) in [5.74, 6) is 0.0850. The Labute approximate surface area is 159 Å². The fourth-order valence-corrected chi connectivity index (χ4v) is 5.19. The van der Waals surface area contributed by atoms with Gasteiger partial charge >= 0.3 is 0 Å². The van der Waals surface area contributed by atoms with E-state index < -0.39 is 10.0 Å². The van der Waals surface area contributed by atoms with Gasteiger partial charge in [0.25, 0.3) is 0 Å². The lowest BCUT2D eigenvalue weighted by Crippen LogP contribution is -2.31. The molecule has 1 aliphatic carbocycles. The molecule has 4 rings (SSSR count). The number of fused-ring (bicyclic) bond motifs is 1. The quantitative estimate of drug-likeness (QED) is 0.792. The Balaban J connectivity index is 1.55. The van der Waals surface area contributed by atoms with Crippen LogP contribution in [0.25, 0.3) is 0 Å². The molecule has 1 saturated heterocycles. The second kappa shape index (κ2) is 6.98. The number of nitrogens with one attached hydrogen (secondary N) is 1. The minimum atomic E-state index is -3.65. The number of carbonyl (C=O) groups is 1. The molecule has 7 heteroatoms. The molecule has 1 atom stereocenters. The van der Waals surface area contributed by atoms with Crippen molar-refractivity contribution in [1.29, 1.82) is 0 Å². The van der Waals surface area contributed by atoms with E-state index in [4.69, 9.17) is 5.73 Å². The molecular weight excluding hydrogens is 362 g/mol. The molecule has 1 amide bonds. The minimum absolute atomic E-state index is 0.0850. The third-order valence-electron chi connectivity index (χ3n) is 5.31. The molecule has 0 radical (unpaired) electrons. The molecule has 3 N–H and O–H groups in total. The van der Waals surface area contributed by atoms with Gasteiger partial charge in [-0.2, -0.15) is 0 Å². The Morgan fingerprint density at radius 2 is 1.81 bits per heavy atom. The number of amides is 1. The highest BCUT2D eigenvalue weighted by Crippen LogP contribution is 2.32. The molecule has 27 heavy (non-hydrogen) atoms. The van der Waals surface area contributed by atoms with Gasteiger partial charge in [0.1, 0.15) is 0 Å². The van der Waals surface area contributed by atoms with E-state index in [1.807, 2.05) is 18.2 Å². The van der Waals surface area contributed by atoms with Gasteiger partial charge in [-0.15, -0.1) is 0 Å². The minimum Gasteiger partial charge on any atom is -0.399 e. The smallest absolute Gasteiger partial charge is 0.241 e. The van der Waals surface area contributed by atoms with Gasteiger partial charge in [-0.05, 0) is 73.2 Å². The van der Waals surface area contributed by atoms with Crippen LogP contribution in [-0.4, -0.2) is 20.9 Å². The molecule has 2 aromatic rings. The van der Waals surface area contributed by atoms with Gasteiger partial charge in [-0.25, -0.2) is 13.1 Å². The predicted octanol–water partition coefficient (Wildman–Crippen LogP) is 2.75. The number of benzene rings is 2. The maximum absolute atomic E-state index is 12.9. The van der Waals surface area contributed by atoms with E-state index in [0.717, 1.165) is 42.5 Å². The van der Waals surface area contributed by atoms with Gasteiger partial charge in [-0.3, -0.25) is 4.79 Å². The van der Waals surface area contributed by atoms with E-state index in [2.05, 4.69) is 4.72 Å². The van der Waals surface area contributed by atoms with Crippen LogP contribution in [0.3, 0.4) is 0 Å². The molecule has 0 spiro atoms. The monoisotopic (exact) mass is 385 g/mol. The highest BCUT2D eigenvalue weighted by Gasteiger charge is 2.27. The largest absolute Gasteiger partial charge is 0.399 e. The first-order valence-corrected chi connectivity index (χ1v) is 10.7. The zero-order valence-corrected chi connectivity index (χ0v) is 15.8. The zero-order chi connectivity index (χ0) is 19.0. The topological polar surface area (TPSA) is 92.5 Å². The van der Waals surface area contributed by atoms with Crippen molar-refractivity contribution in [3.05, 3.63) is 53.6 Å². The van der Waals surface area contributed by atoms with Gasteiger partial charge in [0.15, 0.2) is 0 Å². The molecule has 0 aromatic heterocycles. The number of sulfonamides is 1. The van der Waals surface area contributed by atoms with E-state index >= 15 is 0 Å². The maximum atomic E-state index is 12.9. The molecule has 6 nitrogen and oxygen atoms in total. The fraction of sp³-hybridized carbons (Fsp3) is 0.350. The third-order valence-corrected chi connectivity index (χ3v) is 6.80. The Morgan fingerprint density at radius 3 is 2.52 bits per heavy atom. The normalized spacial score (nSPS) is 19.9. The van der Waals surface area contributed by atoms with Crippen LogP contribution in [-0.2, 0) is 21.2 Å². The lowest BCUT2D eigenvalue weighted by molar-refractivity contribution is -0.117. The zero-order valence-electron chi connectivity index (χ0n) is 15.0. The summed E-state index contributed by atoms with van der Waals surface area (Å²) in [5, 5.41) is 0. The summed E-state index contributed by atoms with van der Waals surface area (Å²) in [7, 11) is -3.65. The van der Waals surface area contributed by atoms with Crippen molar-refractivity contribution in [2.75, 3.05) is 17.2 Å². The molecule has 1 fully saturated rings. The SMILES string of the molecule is Nc1ccc2c(c1)CCCC2NS(=O)(=O)c1ccc(N2CCCC2=O)cc1. The molecule has 1 heterocycles. The first-order chi connectivity index (χ1) is 12.9. The predicted molar refractivity (Wildman–Crippen MR) is 105 cm³/mol. The van der Waals surface area contributed by atoms with Crippen LogP contribution < -0.4 is 15.4 Å². The molecule has 142 valence electrons. The van der Waals surface area contributed by atoms with Crippen molar-refractivity contribution < 1.29 is 13.2 Å². The summed E-state index contributed by atoms with van der Waals surface area (Å²) < 4.78 is 28.6. The van der Waals surface area contributed by atoms with Gasteiger partial charge in [0.2, 0.25) is 15.9 Å². The van der Waals surface area contributed by atoms with Gasteiger partial charge < -0.3 is 10.6 Å². The number of aryl methyl sites for hydroxylation is 1. The van der Waals surface area contributed by atoms with Crippen molar-refractivity contribution in [1.82, 2.24) is 4.72 Å². The third kappa shape index (κ3) is 3.57. The van der Waals surface area contributed by atoms with Crippen LogP contribution in [0, 0.1) is 0 Å². The number of hydrogen-bond donors (Lipinski definition) is 2. The van der Waals surface area contributed by atoms with E-state index in [1.54, 1.807) is 29.2 Å². The molecule has 2 aliphatic rings. The molecule has 0 saturated carbocycles. The second-order valence-corrected chi connectivity index (χ2v) is 8.88. The van der Waals surface area contributed by atoms with Crippen molar-refractivity contribution >= 4 is 27.3 Å². The summed E-state index contributed by atoms with van der Waals surface area (Å²) in [4.78, 5) is 13.8. The number of hydrogen-bond acceptors (Lipinski definition) is 4. The van der Waals surface area contributed by atoms with E-state index in [0.29, 0.717) is 18.7 Å². The Kier molecular flexibility index (Phi) is 4.65. The van der Waals surface area contributed by atoms with Gasteiger partial charge in [0, 0.05) is 30.4 Å². The van der Waals surface area contributed by atoms with Crippen LogP contribution in [0.1, 0.15) is 42.9 Å². The Bertz CT molecular complexity index is 970. The fourth-order valence-electron chi connectivity index (χ4n) is 3.94. The second-order valence-electron chi connectivity index (χ2n) is 7.17. The summed E-state index contributed by atoms with van der Waals surface area (Å²) in [5.41, 5.74) is 9.41. The van der Waals surface area contributed by atoms with Gasteiger partial charge in [-0.1, -0.05) is 6.07 Å². The number of nitrogens with two attached hydrogens (primary N) is 1.